The molecule has 1 rings (SSSR count). The molecule has 18 heavy (non-hydrogen) atoms. The highest BCUT2D eigenvalue weighted by Gasteiger charge is 2.24. The first-order valence-corrected chi connectivity index (χ1v) is 6.81. The molecule has 1 N–H and O–H groups in total. The second kappa shape index (κ2) is 6.23. The fraction of sp³-hybridized carbons (Fsp3) is 0.500. The van der Waals surface area contributed by atoms with E-state index in [1.807, 2.05) is 32.0 Å². The summed E-state index contributed by atoms with van der Waals surface area (Å²) in [7, 11) is 0. The number of hydrogen-bond donors (Lipinski definition) is 1. The van der Waals surface area contributed by atoms with E-state index >= 15 is 0 Å². The van der Waals surface area contributed by atoms with Crippen LogP contribution in [0.15, 0.2) is 22.7 Å². The first kappa shape index (κ1) is 15.0. The van der Waals surface area contributed by atoms with Crippen LogP contribution >= 0.6 is 15.9 Å². The molecule has 0 saturated carbocycles. The first-order chi connectivity index (χ1) is 8.32. The molecule has 1 atom stereocenters. The Labute approximate surface area is 116 Å². The Balaban J connectivity index is 3.06. The van der Waals surface area contributed by atoms with Gasteiger partial charge in [-0.2, -0.15) is 0 Å². The number of carboxylic acids is 1. The number of benzene rings is 1. The average molecular weight is 315 g/mol. The summed E-state index contributed by atoms with van der Waals surface area (Å²) < 4.78 is 6.63. The minimum Gasteiger partial charge on any atom is -0.478 e. The molecule has 0 aliphatic rings. The van der Waals surface area contributed by atoms with Crippen molar-refractivity contribution in [3.8, 4) is 5.75 Å². The smallest absolute Gasteiger partial charge is 0.345 e. The van der Waals surface area contributed by atoms with E-state index in [0.717, 1.165) is 10.0 Å². The molecular weight excluding hydrogens is 296 g/mol. The summed E-state index contributed by atoms with van der Waals surface area (Å²) in [4.78, 5) is 11.2. The van der Waals surface area contributed by atoms with E-state index < -0.39 is 12.1 Å². The van der Waals surface area contributed by atoms with Gasteiger partial charge in [-0.05, 0) is 29.7 Å². The van der Waals surface area contributed by atoms with Crippen molar-refractivity contribution >= 4 is 21.9 Å². The number of carbonyl (C=O) groups is 1. The molecule has 1 unspecified atom stereocenters. The van der Waals surface area contributed by atoms with Crippen LogP contribution in [0.25, 0.3) is 0 Å². The minimum absolute atomic E-state index is 0.0776. The van der Waals surface area contributed by atoms with Crippen molar-refractivity contribution in [2.24, 2.45) is 5.92 Å². The Hall–Kier alpha value is -1.03. The van der Waals surface area contributed by atoms with Crippen LogP contribution in [-0.2, 0) is 4.79 Å². The van der Waals surface area contributed by atoms with E-state index in [9.17, 15) is 4.79 Å². The maximum Gasteiger partial charge on any atom is 0.345 e. The number of ether oxygens (including phenoxy) is 1. The van der Waals surface area contributed by atoms with Gasteiger partial charge in [-0.25, -0.2) is 4.79 Å². The van der Waals surface area contributed by atoms with Crippen molar-refractivity contribution in [1.29, 1.82) is 0 Å². The van der Waals surface area contributed by atoms with E-state index in [1.54, 1.807) is 0 Å². The zero-order valence-electron chi connectivity index (χ0n) is 11.1. The predicted octanol–water partition coefficient (Wildman–Crippen LogP) is 4.06. The molecule has 1 aromatic carbocycles. The quantitative estimate of drug-likeness (QED) is 0.891. The maximum absolute atomic E-state index is 11.2. The van der Waals surface area contributed by atoms with Gasteiger partial charge in [-0.1, -0.05) is 43.6 Å². The normalized spacial score (nSPS) is 12.8. The summed E-state index contributed by atoms with van der Waals surface area (Å²) in [5.41, 5.74) is 1.01. The number of rotatable bonds is 5. The molecule has 0 saturated heterocycles. The highest BCUT2D eigenvalue weighted by molar-refractivity contribution is 9.10. The Bertz CT molecular complexity index is 427. The van der Waals surface area contributed by atoms with Gasteiger partial charge in [0, 0.05) is 10.4 Å². The third kappa shape index (κ3) is 3.73. The molecule has 0 aromatic heterocycles. The van der Waals surface area contributed by atoms with Gasteiger partial charge in [0.1, 0.15) is 5.75 Å². The Morgan fingerprint density at radius 3 is 2.33 bits per heavy atom. The van der Waals surface area contributed by atoms with Gasteiger partial charge in [0.05, 0.1) is 0 Å². The molecule has 1 aromatic rings. The number of aliphatic carboxylic acids is 1. The maximum atomic E-state index is 11.2. The molecule has 0 radical (unpaired) electrons. The lowest BCUT2D eigenvalue weighted by atomic mass is 10.0. The van der Waals surface area contributed by atoms with Gasteiger partial charge in [0.2, 0.25) is 0 Å². The number of hydrogen-bond acceptors (Lipinski definition) is 2. The summed E-state index contributed by atoms with van der Waals surface area (Å²) in [6.45, 7) is 7.79. The van der Waals surface area contributed by atoms with Crippen LogP contribution < -0.4 is 4.74 Å². The van der Waals surface area contributed by atoms with Gasteiger partial charge in [-0.15, -0.1) is 0 Å². The molecule has 4 heteroatoms. The van der Waals surface area contributed by atoms with Crippen LogP contribution in [0, 0.1) is 5.92 Å². The summed E-state index contributed by atoms with van der Waals surface area (Å²) in [5, 5.41) is 9.15. The van der Waals surface area contributed by atoms with Crippen molar-refractivity contribution in [1.82, 2.24) is 0 Å². The lowest BCUT2D eigenvalue weighted by Crippen LogP contribution is -2.32. The molecule has 0 spiro atoms. The van der Waals surface area contributed by atoms with Crippen LogP contribution in [-0.4, -0.2) is 17.2 Å². The molecule has 0 amide bonds. The highest BCUT2D eigenvalue weighted by Crippen LogP contribution is 2.31. The standard InChI is InChI=1S/C14H19BrO3/c1-8(2)11-7-10(15)5-6-12(11)18-13(9(3)4)14(16)17/h5-9,13H,1-4H3,(H,16,17). The summed E-state index contributed by atoms with van der Waals surface area (Å²) in [6, 6.07) is 5.65. The molecule has 3 nitrogen and oxygen atoms in total. The van der Waals surface area contributed by atoms with Crippen LogP contribution in [0.1, 0.15) is 39.2 Å². The summed E-state index contributed by atoms with van der Waals surface area (Å²) in [5.74, 6) is -0.0813. The predicted molar refractivity (Wildman–Crippen MR) is 75.1 cm³/mol. The molecule has 0 aliphatic carbocycles. The van der Waals surface area contributed by atoms with Gasteiger partial charge in [0.25, 0.3) is 0 Å². The van der Waals surface area contributed by atoms with Crippen LogP contribution in [0.3, 0.4) is 0 Å². The fourth-order valence-corrected chi connectivity index (χ4v) is 2.07. The molecular formula is C14H19BrO3. The highest BCUT2D eigenvalue weighted by atomic mass is 79.9. The van der Waals surface area contributed by atoms with Gasteiger partial charge >= 0.3 is 5.97 Å². The third-order valence-corrected chi connectivity index (χ3v) is 3.19. The van der Waals surface area contributed by atoms with Crippen molar-refractivity contribution < 1.29 is 14.6 Å². The van der Waals surface area contributed by atoms with E-state index in [0.29, 0.717) is 5.75 Å². The van der Waals surface area contributed by atoms with Gasteiger partial charge in [-0.3, -0.25) is 0 Å². The van der Waals surface area contributed by atoms with Gasteiger partial charge < -0.3 is 9.84 Å². The average Bonchev–Trinajstić information content (AvgIpc) is 2.25. The Morgan fingerprint density at radius 2 is 1.89 bits per heavy atom. The van der Waals surface area contributed by atoms with Crippen molar-refractivity contribution in [2.75, 3.05) is 0 Å². The largest absolute Gasteiger partial charge is 0.478 e. The first-order valence-electron chi connectivity index (χ1n) is 6.01. The molecule has 0 heterocycles. The van der Waals surface area contributed by atoms with Crippen molar-refractivity contribution in [3.05, 3.63) is 28.2 Å². The zero-order chi connectivity index (χ0) is 13.9. The molecule has 0 fully saturated rings. The fourth-order valence-electron chi connectivity index (χ4n) is 1.69. The second-order valence-corrected chi connectivity index (χ2v) is 5.87. The van der Waals surface area contributed by atoms with E-state index in [-0.39, 0.29) is 11.8 Å². The molecule has 0 bridgehead atoms. The zero-order valence-corrected chi connectivity index (χ0v) is 12.7. The Morgan fingerprint density at radius 1 is 1.28 bits per heavy atom. The molecule has 0 aliphatic heterocycles. The lowest BCUT2D eigenvalue weighted by Gasteiger charge is -2.21. The van der Waals surface area contributed by atoms with Gasteiger partial charge in [0.15, 0.2) is 6.10 Å². The minimum atomic E-state index is -0.928. The number of carboxylic acid groups (broad SMARTS) is 1. The van der Waals surface area contributed by atoms with Crippen molar-refractivity contribution in [2.45, 2.75) is 39.7 Å². The summed E-state index contributed by atoms with van der Waals surface area (Å²) >= 11 is 3.42. The molecule has 100 valence electrons. The topological polar surface area (TPSA) is 46.5 Å². The van der Waals surface area contributed by atoms with Crippen LogP contribution in [0.2, 0.25) is 0 Å². The number of halogens is 1. The van der Waals surface area contributed by atoms with Crippen molar-refractivity contribution in [3.63, 3.8) is 0 Å². The Kier molecular flexibility index (Phi) is 5.20. The van der Waals surface area contributed by atoms with Crippen LogP contribution in [0.4, 0.5) is 0 Å². The van der Waals surface area contributed by atoms with E-state index in [2.05, 4.69) is 29.8 Å². The van der Waals surface area contributed by atoms with E-state index in [1.165, 1.54) is 0 Å². The lowest BCUT2D eigenvalue weighted by molar-refractivity contribution is -0.147. The van der Waals surface area contributed by atoms with Crippen LogP contribution in [0.5, 0.6) is 5.75 Å². The summed E-state index contributed by atoms with van der Waals surface area (Å²) in [6.07, 6.45) is -0.816. The SMILES string of the molecule is CC(C)c1cc(Br)ccc1OC(C(=O)O)C(C)C. The van der Waals surface area contributed by atoms with E-state index in [4.69, 9.17) is 9.84 Å². The monoisotopic (exact) mass is 314 g/mol. The second-order valence-electron chi connectivity index (χ2n) is 4.96. The third-order valence-electron chi connectivity index (χ3n) is 2.70.